The Morgan fingerprint density at radius 2 is 1.77 bits per heavy atom. The van der Waals surface area contributed by atoms with Crippen molar-refractivity contribution in [2.75, 3.05) is 52.6 Å². The van der Waals surface area contributed by atoms with Crippen LogP contribution in [0.2, 0.25) is 0 Å². The number of rotatable bonds is 9. The van der Waals surface area contributed by atoms with E-state index in [1.807, 2.05) is 0 Å². The van der Waals surface area contributed by atoms with E-state index in [0.29, 0.717) is 22.7 Å². The second kappa shape index (κ2) is 10.4. The summed E-state index contributed by atoms with van der Waals surface area (Å²) in [6, 6.07) is 0. The van der Waals surface area contributed by atoms with Crippen LogP contribution in [0.5, 0.6) is 0 Å². The van der Waals surface area contributed by atoms with Gasteiger partial charge in [0.25, 0.3) is 5.91 Å². The highest BCUT2D eigenvalue weighted by molar-refractivity contribution is 7.88. The molecule has 1 aliphatic heterocycles. The van der Waals surface area contributed by atoms with Crippen molar-refractivity contribution in [3.8, 4) is 0 Å². The largest absolute Gasteiger partial charge is 0.360 e. The predicted molar refractivity (Wildman–Crippen MR) is 109 cm³/mol. The fourth-order valence-corrected chi connectivity index (χ4v) is 4.06. The van der Waals surface area contributed by atoms with Crippen molar-refractivity contribution >= 4 is 39.1 Å². The molecule has 1 aromatic heterocycles. The highest BCUT2D eigenvalue weighted by Crippen LogP contribution is 2.32. The third-order valence-electron chi connectivity index (χ3n) is 4.65. The summed E-state index contributed by atoms with van der Waals surface area (Å²) in [5.41, 5.74) is 1.20. The number of hydrogen-bond acceptors (Lipinski definition) is 7. The van der Waals surface area contributed by atoms with Gasteiger partial charge in [0.2, 0.25) is 21.8 Å². The van der Waals surface area contributed by atoms with E-state index in [1.54, 1.807) is 4.90 Å². The van der Waals surface area contributed by atoms with Crippen molar-refractivity contribution in [1.82, 2.24) is 24.4 Å². The zero-order chi connectivity index (χ0) is 23.2. The minimum absolute atomic E-state index is 0.154. The molecular formula is C17H25F2N5O5S2. The van der Waals surface area contributed by atoms with Gasteiger partial charge in [-0.05, 0) is 6.42 Å². The van der Waals surface area contributed by atoms with Crippen LogP contribution in [0.25, 0.3) is 0 Å². The summed E-state index contributed by atoms with van der Waals surface area (Å²) in [4.78, 5) is 43.4. The zero-order valence-electron chi connectivity index (χ0n) is 17.2. The van der Waals surface area contributed by atoms with Crippen molar-refractivity contribution in [2.24, 2.45) is 0 Å². The van der Waals surface area contributed by atoms with Gasteiger partial charge in [-0.25, -0.2) is 13.1 Å². The van der Waals surface area contributed by atoms with Crippen molar-refractivity contribution in [3.63, 3.8) is 0 Å². The van der Waals surface area contributed by atoms with Gasteiger partial charge in [0.1, 0.15) is 4.88 Å². The van der Waals surface area contributed by atoms with E-state index in [2.05, 4.69) is 9.71 Å². The molecule has 2 rings (SSSR count). The Kier molecular flexibility index (Phi) is 8.42. The summed E-state index contributed by atoms with van der Waals surface area (Å²) in [5.74, 6) is -5.88. The van der Waals surface area contributed by atoms with Gasteiger partial charge in [0.05, 0.1) is 18.3 Å². The fraction of sp³-hybridized carbons (Fsp3) is 0.647. The monoisotopic (exact) mass is 481 g/mol. The van der Waals surface area contributed by atoms with Gasteiger partial charge in [0, 0.05) is 52.4 Å². The van der Waals surface area contributed by atoms with E-state index in [1.165, 1.54) is 10.4 Å². The molecule has 1 aliphatic rings. The molecule has 1 aromatic rings. The number of amides is 3. The number of hydrogen-bond donors (Lipinski definition) is 1. The highest BCUT2D eigenvalue weighted by atomic mass is 32.2. The van der Waals surface area contributed by atoms with Crippen LogP contribution in [0.4, 0.5) is 8.78 Å². The Balaban J connectivity index is 1.77. The summed E-state index contributed by atoms with van der Waals surface area (Å²) < 4.78 is 52.8. The summed E-state index contributed by atoms with van der Waals surface area (Å²) >= 11 is 0.658. The molecule has 1 N–H and O–H groups in total. The molecule has 10 nitrogen and oxygen atoms in total. The third kappa shape index (κ3) is 7.18. The van der Waals surface area contributed by atoms with Gasteiger partial charge in [0.15, 0.2) is 0 Å². The smallest absolute Gasteiger partial charge is 0.339 e. The normalized spacial score (nSPS) is 15.1. The van der Waals surface area contributed by atoms with Crippen molar-refractivity contribution in [1.29, 1.82) is 0 Å². The molecule has 31 heavy (non-hydrogen) atoms. The second-order valence-electron chi connectivity index (χ2n) is 7.13. The number of sulfonamides is 1. The highest BCUT2D eigenvalue weighted by Gasteiger charge is 2.45. The Labute approximate surface area is 183 Å². The number of piperazine rings is 1. The molecule has 0 spiro atoms. The zero-order valence-corrected chi connectivity index (χ0v) is 18.8. The molecule has 0 bridgehead atoms. The lowest BCUT2D eigenvalue weighted by molar-refractivity contribution is -0.159. The first-order chi connectivity index (χ1) is 14.4. The number of thiazole rings is 1. The molecular weight excluding hydrogens is 456 g/mol. The van der Waals surface area contributed by atoms with E-state index in [9.17, 15) is 31.6 Å². The summed E-state index contributed by atoms with van der Waals surface area (Å²) in [6.45, 7) is 0.657. The van der Waals surface area contributed by atoms with Gasteiger partial charge in [-0.1, -0.05) is 0 Å². The number of nitrogens with zero attached hydrogens (tertiary/aromatic N) is 4. The SMILES string of the molecule is CN(CC(=O)N1CCN(C(=O)CCCNS(C)(=O)=O)CC1)C(=O)C(F)(F)c1cncs1. The molecule has 3 amide bonds. The van der Waals surface area contributed by atoms with Crippen LogP contribution >= 0.6 is 11.3 Å². The van der Waals surface area contributed by atoms with Gasteiger partial charge in [-0.3, -0.25) is 19.4 Å². The lowest BCUT2D eigenvalue weighted by Gasteiger charge is -2.35. The van der Waals surface area contributed by atoms with Crippen LogP contribution in [0, 0.1) is 0 Å². The summed E-state index contributed by atoms with van der Waals surface area (Å²) in [6.07, 6.45) is 2.48. The minimum atomic E-state index is -3.76. The first-order valence-electron chi connectivity index (χ1n) is 9.44. The van der Waals surface area contributed by atoms with E-state index in [-0.39, 0.29) is 45.1 Å². The standard InChI is InChI=1S/C17H25F2N5O5S2/c1-22(16(27)17(18,19)13-10-20-12-30-13)11-15(26)24-8-6-23(7-9-24)14(25)4-3-5-21-31(2,28)29/h10,12,21H,3-9,11H2,1-2H3. The van der Waals surface area contributed by atoms with E-state index in [4.69, 9.17) is 0 Å². The van der Waals surface area contributed by atoms with Crippen LogP contribution in [0.3, 0.4) is 0 Å². The minimum Gasteiger partial charge on any atom is -0.339 e. The van der Waals surface area contributed by atoms with E-state index < -0.39 is 39.2 Å². The molecule has 0 radical (unpaired) electrons. The molecule has 1 fully saturated rings. The second-order valence-corrected chi connectivity index (χ2v) is 9.85. The third-order valence-corrected chi connectivity index (χ3v) is 6.22. The number of aromatic nitrogens is 1. The first kappa shape index (κ1) is 25.1. The lowest BCUT2D eigenvalue weighted by Crippen LogP contribution is -2.53. The molecule has 0 atom stereocenters. The van der Waals surface area contributed by atoms with Gasteiger partial charge < -0.3 is 14.7 Å². The van der Waals surface area contributed by atoms with Crippen molar-refractivity contribution in [2.45, 2.75) is 18.8 Å². The summed E-state index contributed by atoms with van der Waals surface area (Å²) in [7, 11) is -2.16. The molecule has 174 valence electrons. The number of likely N-dealkylation sites (N-methyl/N-ethyl adjacent to an activating group) is 1. The van der Waals surface area contributed by atoms with Crippen LogP contribution in [0.1, 0.15) is 17.7 Å². The number of nitrogens with one attached hydrogen (secondary N) is 1. The molecule has 14 heteroatoms. The predicted octanol–water partition coefficient (Wildman–Crippen LogP) is -0.306. The molecule has 0 unspecified atom stereocenters. The average molecular weight is 482 g/mol. The van der Waals surface area contributed by atoms with E-state index >= 15 is 0 Å². The fourth-order valence-electron chi connectivity index (χ4n) is 2.95. The maximum atomic E-state index is 14.2. The Morgan fingerprint density at radius 3 is 2.29 bits per heavy atom. The van der Waals surface area contributed by atoms with E-state index in [0.717, 1.165) is 19.5 Å². The molecule has 1 saturated heterocycles. The van der Waals surface area contributed by atoms with Crippen LogP contribution in [-0.4, -0.2) is 98.4 Å². The molecule has 2 heterocycles. The van der Waals surface area contributed by atoms with Gasteiger partial charge in [-0.2, -0.15) is 8.78 Å². The number of halogens is 2. The van der Waals surface area contributed by atoms with Crippen molar-refractivity contribution < 1.29 is 31.6 Å². The Hall–Kier alpha value is -2.19. The maximum Gasteiger partial charge on any atom is 0.360 e. The number of carbonyl (C=O) groups excluding carboxylic acids is 3. The van der Waals surface area contributed by atoms with Crippen molar-refractivity contribution in [3.05, 3.63) is 16.6 Å². The number of carbonyl (C=O) groups is 3. The quantitative estimate of drug-likeness (QED) is 0.484. The maximum absolute atomic E-state index is 14.2. The average Bonchev–Trinajstić information content (AvgIpc) is 3.25. The number of alkyl halides is 2. The van der Waals surface area contributed by atoms with Gasteiger partial charge in [-0.15, -0.1) is 11.3 Å². The lowest BCUT2D eigenvalue weighted by atomic mass is 10.2. The van der Waals surface area contributed by atoms with Crippen LogP contribution < -0.4 is 4.72 Å². The Morgan fingerprint density at radius 1 is 1.19 bits per heavy atom. The van der Waals surface area contributed by atoms with Crippen LogP contribution in [-0.2, 0) is 30.3 Å². The molecule has 0 aromatic carbocycles. The molecule has 0 saturated carbocycles. The molecule has 0 aliphatic carbocycles. The van der Waals surface area contributed by atoms with Crippen LogP contribution in [0.15, 0.2) is 11.7 Å². The summed E-state index contributed by atoms with van der Waals surface area (Å²) in [5, 5.41) is 0. The Bertz CT molecular complexity index is 887. The van der Waals surface area contributed by atoms with Gasteiger partial charge >= 0.3 is 5.92 Å². The topological polar surface area (TPSA) is 120 Å². The first-order valence-corrected chi connectivity index (χ1v) is 12.2.